The number of aromatic hydroxyl groups is 1. The monoisotopic (exact) mass is 384 g/mol. The first-order chi connectivity index (χ1) is 13.3. The Morgan fingerprint density at radius 2 is 1.71 bits per heavy atom. The van der Waals surface area contributed by atoms with Crippen LogP contribution in [0.2, 0.25) is 0 Å². The number of rotatable bonds is 10. The van der Waals surface area contributed by atoms with Gasteiger partial charge in [-0.2, -0.15) is 0 Å². The molecule has 28 heavy (non-hydrogen) atoms. The number of ether oxygens (including phenoxy) is 2. The Bertz CT molecular complexity index is 763. The molecule has 1 aromatic carbocycles. The van der Waals surface area contributed by atoms with E-state index in [0.717, 1.165) is 24.0 Å². The Hall–Kier alpha value is -2.75. The zero-order chi connectivity index (χ0) is 20.9. The first kappa shape index (κ1) is 23.3. The van der Waals surface area contributed by atoms with Gasteiger partial charge in [0.1, 0.15) is 6.61 Å². The summed E-state index contributed by atoms with van der Waals surface area (Å²) >= 11 is 0. The minimum absolute atomic E-state index is 0.0762. The Morgan fingerprint density at radius 3 is 2.39 bits per heavy atom. The largest absolute Gasteiger partial charge is 0.504 e. The molecule has 1 N–H and O–H groups in total. The summed E-state index contributed by atoms with van der Waals surface area (Å²) in [5.74, 6) is 0.0576. The van der Waals surface area contributed by atoms with E-state index in [1.807, 2.05) is 19.9 Å². The first-order valence-corrected chi connectivity index (χ1v) is 9.57. The van der Waals surface area contributed by atoms with Gasteiger partial charge in [-0.05, 0) is 77.3 Å². The topological polar surface area (TPSA) is 55.8 Å². The summed E-state index contributed by atoms with van der Waals surface area (Å²) in [6.07, 6.45) is 11.2. The first-order valence-electron chi connectivity index (χ1n) is 9.57. The normalized spacial score (nSPS) is 12.2. The quantitative estimate of drug-likeness (QED) is 0.306. The fourth-order valence-electron chi connectivity index (χ4n) is 2.25. The number of allylic oxidation sites excluding steroid dienone is 5. The van der Waals surface area contributed by atoms with E-state index in [-0.39, 0.29) is 12.4 Å². The third-order valence-electron chi connectivity index (χ3n) is 3.96. The van der Waals surface area contributed by atoms with E-state index in [2.05, 4.69) is 32.9 Å². The van der Waals surface area contributed by atoms with Gasteiger partial charge in [0.2, 0.25) is 0 Å². The van der Waals surface area contributed by atoms with Gasteiger partial charge in [0.05, 0.1) is 6.61 Å². The average molecular weight is 385 g/mol. The molecule has 0 aliphatic rings. The molecule has 0 fully saturated rings. The van der Waals surface area contributed by atoms with Gasteiger partial charge < -0.3 is 14.6 Å². The van der Waals surface area contributed by atoms with E-state index < -0.39 is 5.97 Å². The summed E-state index contributed by atoms with van der Waals surface area (Å²) in [4.78, 5) is 11.9. The van der Waals surface area contributed by atoms with E-state index in [0.29, 0.717) is 12.4 Å². The lowest BCUT2D eigenvalue weighted by atomic mass is 10.1. The van der Waals surface area contributed by atoms with Gasteiger partial charge in [-0.1, -0.05) is 34.9 Å². The highest BCUT2D eigenvalue weighted by Gasteiger charge is 2.02. The maximum Gasteiger partial charge on any atom is 0.331 e. The van der Waals surface area contributed by atoms with Crippen LogP contribution in [0, 0.1) is 0 Å². The lowest BCUT2D eigenvalue weighted by molar-refractivity contribution is -0.136. The molecule has 0 radical (unpaired) electrons. The summed E-state index contributed by atoms with van der Waals surface area (Å²) in [5.41, 5.74) is 4.56. The summed E-state index contributed by atoms with van der Waals surface area (Å²) in [6, 6.07) is 4.92. The van der Waals surface area contributed by atoms with Crippen molar-refractivity contribution in [3.05, 3.63) is 64.8 Å². The van der Waals surface area contributed by atoms with E-state index in [4.69, 9.17) is 9.47 Å². The van der Waals surface area contributed by atoms with Crippen molar-refractivity contribution in [1.82, 2.24) is 0 Å². The van der Waals surface area contributed by atoms with Gasteiger partial charge in [-0.15, -0.1) is 0 Å². The van der Waals surface area contributed by atoms with E-state index in [1.165, 1.54) is 23.3 Å². The maximum absolute atomic E-state index is 11.9. The van der Waals surface area contributed by atoms with Gasteiger partial charge in [0, 0.05) is 6.08 Å². The average Bonchev–Trinajstić information content (AvgIpc) is 2.65. The molecule has 0 heterocycles. The Labute approximate surface area is 168 Å². The third kappa shape index (κ3) is 9.81. The van der Waals surface area contributed by atoms with E-state index in [1.54, 1.807) is 18.2 Å². The molecule has 0 aliphatic carbocycles. The van der Waals surface area contributed by atoms with Crippen molar-refractivity contribution in [2.24, 2.45) is 0 Å². The minimum Gasteiger partial charge on any atom is -0.504 e. The van der Waals surface area contributed by atoms with Crippen LogP contribution in [0.5, 0.6) is 11.5 Å². The minimum atomic E-state index is -0.412. The molecule has 1 rings (SSSR count). The van der Waals surface area contributed by atoms with Crippen LogP contribution in [0.1, 0.15) is 53.0 Å². The number of phenols is 1. The molecule has 0 aromatic heterocycles. The van der Waals surface area contributed by atoms with Gasteiger partial charge in [-0.3, -0.25) is 0 Å². The Kier molecular flexibility index (Phi) is 10.5. The van der Waals surface area contributed by atoms with Crippen LogP contribution in [0.4, 0.5) is 0 Å². The van der Waals surface area contributed by atoms with E-state index >= 15 is 0 Å². The van der Waals surface area contributed by atoms with Crippen LogP contribution in [-0.4, -0.2) is 24.3 Å². The highest BCUT2D eigenvalue weighted by atomic mass is 16.5. The molecule has 0 saturated heterocycles. The fourth-order valence-corrected chi connectivity index (χ4v) is 2.25. The molecule has 0 unspecified atom stereocenters. The van der Waals surface area contributed by atoms with Crippen LogP contribution in [0.3, 0.4) is 0 Å². The molecule has 0 bridgehead atoms. The number of phenolic OH excluding ortho intramolecular Hbond substituents is 1. The number of benzene rings is 1. The molecule has 0 aliphatic heterocycles. The van der Waals surface area contributed by atoms with Crippen molar-refractivity contribution < 1.29 is 19.4 Å². The smallest absolute Gasteiger partial charge is 0.331 e. The van der Waals surface area contributed by atoms with Crippen LogP contribution in [0.15, 0.2) is 59.2 Å². The van der Waals surface area contributed by atoms with Crippen LogP contribution < -0.4 is 4.74 Å². The van der Waals surface area contributed by atoms with Crippen LogP contribution >= 0.6 is 0 Å². The number of carbonyl (C=O) groups is 1. The SMILES string of the molecule is CCOc1cc(C=CC(=O)OCC=C(C)CC=C(C)CC=C(C)C)ccc1O. The second-order valence-corrected chi connectivity index (χ2v) is 6.91. The van der Waals surface area contributed by atoms with Crippen molar-refractivity contribution in [2.75, 3.05) is 13.2 Å². The Morgan fingerprint density at radius 1 is 1.04 bits per heavy atom. The summed E-state index contributed by atoms with van der Waals surface area (Å²) in [5, 5.41) is 9.69. The second-order valence-electron chi connectivity index (χ2n) is 6.91. The zero-order valence-corrected chi connectivity index (χ0v) is 17.6. The predicted molar refractivity (Wildman–Crippen MR) is 115 cm³/mol. The number of hydrogen-bond acceptors (Lipinski definition) is 4. The number of esters is 1. The molecule has 4 nitrogen and oxygen atoms in total. The van der Waals surface area contributed by atoms with Gasteiger partial charge in [0.25, 0.3) is 0 Å². The van der Waals surface area contributed by atoms with Gasteiger partial charge in [-0.25, -0.2) is 4.79 Å². The molecule has 152 valence electrons. The molecule has 0 saturated carbocycles. The van der Waals surface area contributed by atoms with Crippen molar-refractivity contribution in [1.29, 1.82) is 0 Å². The standard InChI is InChI=1S/C24H32O4/c1-6-27-23-17-21(11-13-22(23)25)12-14-24(26)28-16-15-20(5)10-9-19(4)8-7-18(2)3/h7,9,11-15,17,25H,6,8,10,16H2,1-5H3. The lowest BCUT2D eigenvalue weighted by Crippen LogP contribution is -2.00. The molecule has 0 amide bonds. The molecule has 4 heteroatoms. The van der Waals surface area contributed by atoms with Crippen molar-refractivity contribution >= 4 is 12.0 Å². The number of hydrogen-bond donors (Lipinski definition) is 1. The Balaban J connectivity index is 2.48. The molecular formula is C24H32O4. The second kappa shape index (κ2) is 12.6. The highest BCUT2D eigenvalue weighted by Crippen LogP contribution is 2.27. The van der Waals surface area contributed by atoms with E-state index in [9.17, 15) is 9.90 Å². The third-order valence-corrected chi connectivity index (χ3v) is 3.96. The molecular weight excluding hydrogens is 352 g/mol. The van der Waals surface area contributed by atoms with Gasteiger partial charge >= 0.3 is 5.97 Å². The van der Waals surface area contributed by atoms with Crippen molar-refractivity contribution in [3.8, 4) is 11.5 Å². The molecule has 1 aromatic rings. The van der Waals surface area contributed by atoms with Crippen molar-refractivity contribution in [3.63, 3.8) is 0 Å². The van der Waals surface area contributed by atoms with Gasteiger partial charge in [0.15, 0.2) is 11.5 Å². The van der Waals surface area contributed by atoms with Crippen molar-refractivity contribution in [2.45, 2.75) is 47.5 Å². The summed E-state index contributed by atoms with van der Waals surface area (Å²) in [7, 11) is 0. The van der Waals surface area contributed by atoms with Crippen LogP contribution in [0.25, 0.3) is 6.08 Å². The predicted octanol–water partition coefficient (Wildman–Crippen LogP) is 5.99. The van der Waals surface area contributed by atoms with Crippen LogP contribution in [-0.2, 0) is 9.53 Å². The summed E-state index contributed by atoms with van der Waals surface area (Å²) in [6.45, 7) is 10.9. The molecule has 0 atom stereocenters. The maximum atomic E-state index is 11.9. The molecule has 0 spiro atoms. The highest BCUT2D eigenvalue weighted by molar-refractivity contribution is 5.87. The fraction of sp³-hybridized carbons (Fsp3) is 0.375. The number of carbonyl (C=O) groups excluding carboxylic acids is 1. The zero-order valence-electron chi connectivity index (χ0n) is 17.6. The summed E-state index contributed by atoms with van der Waals surface area (Å²) < 4.78 is 10.5. The lowest BCUT2D eigenvalue weighted by Gasteiger charge is -2.06.